The van der Waals surface area contributed by atoms with Gasteiger partial charge in [-0.15, -0.1) is 0 Å². The molecule has 0 aromatic carbocycles. The molecule has 5 nitrogen and oxygen atoms in total. The van der Waals surface area contributed by atoms with Crippen LogP contribution in [0.4, 0.5) is 0 Å². The predicted octanol–water partition coefficient (Wildman–Crippen LogP) is 3.42. The monoisotopic (exact) mass is 259 g/mol. The highest BCUT2D eigenvalue weighted by molar-refractivity contribution is 7.49. The Kier molecular flexibility index (Phi) is 5.12. The number of aromatic nitrogens is 1. The summed E-state index contributed by atoms with van der Waals surface area (Å²) < 4.78 is 28.1. The maximum Gasteiger partial charge on any atom is 0.530 e. The van der Waals surface area contributed by atoms with Crippen molar-refractivity contribution in [3.05, 3.63) is 24.5 Å². The van der Waals surface area contributed by atoms with Gasteiger partial charge in [0.25, 0.3) is 0 Å². The molecule has 0 aliphatic carbocycles. The number of hydrogen-bond acceptors (Lipinski definition) is 5. The highest BCUT2D eigenvalue weighted by Crippen LogP contribution is 2.51. The number of hydrogen-bond donors (Lipinski definition) is 0. The minimum Gasteiger partial charge on any atom is -0.402 e. The Balaban J connectivity index is 2.80. The topological polar surface area (TPSA) is 57.7 Å². The summed E-state index contributed by atoms with van der Waals surface area (Å²) >= 11 is 0. The van der Waals surface area contributed by atoms with Gasteiger partial charge in [0.15, 0.2) is 0 Å². The second-order valence-corrected chi connectivity index (χ2v) is 5.53. The molecular weight excluding hydrogens is 241 g/mol. The Morgan fingerprint density at radius 1 is 1.18 bits per heavy atom. The van der Waals surface area contributed by atoms with Crippen LogP contribution in [0.2, 0.25) is 0 Å². The number of nitrogens with zero attached hydrogens (tertiary/aromatic N) is 1. The summed E-state index contributed by atoms with van der Waals surface area (Å²) in [6.45, 7) is 7.07. The van der Waals surface area contributed by atoms with E-state index in [4.69, 9.17) is 13.6 Å². The Bertz CT molecular complexity index is 366. The SMILES string of the molecule is CC(C)OP(=O)(Oc1cccnc1)OC(C)C. The van der Waals surface area contributed by atoms with Crippen LogP contribution >= 0.6 is 7.82 Å². The van der Waals surface area contributed by atoms with Gasteiger partial charge in [0.2, 0.25) is 0 Å². The molecule has 1 heterocycles. The normalized spacial score (nSPS) is 12.1. The molecule has 96 valence electrons. The van der Waals surface area contributed by atoms with Crippen LogP contribution in [0.25, 0.3) is 0 Å². The van der Waals surface area contributed by atoms with Crippen molar-refractivity contribution in [2.24, 2.45) is 0 Å². The van der Waals surface area contributed by atoms with Crippen molar-refractivity contribution in [3.8, 4) is 5.75 Å². The third-order valence-corrected chi connectivity index (χ3v) is 3.33. The van der Waals surface area contributed by atoms with E-state index >= 15 is 0 Å². The van der Waals surface area contributed by atoms with Gasteiger partial charge in [-0.3, -0.25) is 14.0 Å². The van der Waals surface area contributed by atoms with Crippen LogP contribution in [0.15, 0.2) is 24.5 Å². The molecule has 1 rings (SSSR count). The number of phosphoric acid groups is 1. The molecule has 0 unspecified atom stereocenters. The van der Waals surface area contributed by atoms with E-state index in [-0.39, 0.29) is 12.2 Å². The fraction of sp³-hybridized carbons (Fsp3) is 0.545. The van der Waals surface area contributed by atoms with Crippen LogP contribution in [0.3, 0.4) is 0 Å². The molecular formula is C11H18NO4P. The molecule has 0 spiro atoms. The van der Waals surface area contributed by atoms with E-state index < -0.39 is 7.82 Å². The lowest BCUT2D eigenvalue weighted by Gasteiger charge is -2.21. The maximum atomic E-state index is 12.3. The van der Waals surface area contributed by atoms with Crippen molar-refractivity contribution in [2.75, 3.05) is 0 Å². The van der Waals surface area contributed by atoms with Gasteiger partial charge in [-0.2, -0.15) is 0 Å². The first kappa shape index (κ1) is 14.2. The third-order valence-electron chi connectivity index (χ3n) is 1.53. The van der Waals surface area contributed by atoms with Gasteiger partial charge in [-0.1, -0.05) is 0 Å². The largest absolute Gasteiger partial charge is 0.530 e. The zero-order valence-corrected chi connectivity index (χ0v) is 11.4. The fourth-order valence-electron chi connectivity index (χ4n) is 1.11. The third kappa shape index (κ3) is 5.31. The summed E-state index contributed by atoms with van der Waals surface area (Å²) in [6.07, 6.45) is 2.55. The molecule has 0 aliphatic rings. The molecule has 1 aromatic rings. The molecule has 0 fully saturated rings. The Morgan fingerprint density at radius 2 is 1.76 bits per heavy atom. The quantitative estimate of drug-likeness (QED) is 0.732. The summed E-state index contributed by atoms with van der Waals surface area (Å²) in [4.78, 5) is 3.87. The Morgan fingerprint density at radius 3 is 2.18 bits per heavy atom. The molecule has 0 radical (unpaired) electrons. The Labute approximate surface area is 102 Å². The molecule has 0 bridgehead atoms. The number of phosphoric ester groups is 1. The summed E-state index contributed by atoms with van der Waals surface area (Å²) in [5, 5.41) is 0. The minimum absolute atomic E-state index is 0.253. The lowest BCUT2D eigenvalue weighted by molar-refractivity contribution is 0.103. The van der Waals surface area contributed by atoms with E-state index in [1.165, 1.54) is 6.20 Å². The summed E-state index contributed by atoms with van der Waals surface area (Å²) in [6, 6.07) is 3.33. The van der Waals surface area contributed by atoms with E-state index in [0.717, 1.165) is 0 Å². The molecule has 0 saturated carbocycles. The molecule has 0 aliphatic heterocycles. The zero-order valence-electron chi connectivity index (χ0n) is 10.5. The van der Waals surface area contributed by atoms with Crippen molar-refractivity contribution in [1.82, 2.24) is 4.98 Å². The molecule has 6 heteroatoms. The summed E-state index contributed by atoms with van der Waals surface area (Å²) in [5.41, 5.74) is 0. The van der Waals surface area contributed by atoms with Crippen LogP contribution in [-0.2, 0) is 13.6 Å². The van der Waals surface area contributed by atoms with Crippen molar-refractivity contribution < 1.29 is 18.1 Å². The maximum absolute atomic E-state index is 12.3. The lowest BCUT2D eigenvalue weighted by Crippen LogP contribution is -2.11. The summed E-state index contributed by atoms with van der Waals surface area (Å²) in [5.74, 6) is 0.358. The van der Waals surface area contributed by atoms with E-state index in [1.54, 1.807) is 46.0 Å². The first-order valence-electron chi connectivity index (χ1n) is 5.48. The average molecular weight is 259 g/mol. The molecule has 0 atom stereocenters. The average Bonchev–Trinajstić information content (AvgIpc) is 2.15. The number of rotatable bonds is 6. The lowest BCUT2D eigenvalue weighted by atomic mass is 10.5. The van der Waals surface area contributed by atoms with Crippen molar-refractivity contribution in [3.63, 3.8) is 0 Å². The van der Waals surface area contributed by atoms with Crippen LogP contribution in [0, 0.1) is 0 Å². The van der Waals surface area contributed by atoms with E-state index in [2.05, 4.69) is 4.98 Å². The van der Waals surface area contributed by atoms with Gasteiger partial charge in [0, 0.05) is 6.20 Å². The number of pyridine rings is 1. The van der Waals surface area contributed by atoms with Gasteiger partial charge in [0.05, 0.1) is 18.4 Å². The van der Waals surface area contributed by atoms with Gasteiger partial charge in [-0.05, 0) is 39.8 Å². The summed E-state index contributed by atoms with van der Waals surface area (Å²) in [7, 11) is -3.59. The first-order chi connectivity index (χ1) is 7.91. The van der Waals surface area contributed by atoms with Crippen molar-refractivity contribution in [1.29, 1.82) is 0 Å². The second-order valence-electron chi connectivity index (χ2n) is 4.04. The fourth-order valence-corrected chi connectivity index (χ4v) is 2.65. The molecule has 0 saturated heterocycles. The highest BCUT2D eigenvalue weighted by Gasteiger charge is 2.31. The predicted molar refractivity (Wildman–Crippen MR) is 64.9 cm³/mol. The molecule has 0 amide bonds. The van der Waals surface area contributed by atoms with Gasteiger partial charge >= 0.3 is 7.82 Å². The second kappa shape index (κ2) is 6.15. The van der Waals surface area contributed by atoms with Crippen molar-refractivity contribution >= 4 is 7.82 Å². The van der Waals surface area contributed by atoms with E-state index in [0.29, 0.717) is 5.75 Å². The van der Waals surface area contributed by atoms with Crippen molar-refractivity contribution in [2.45, 2.75) is 39.9 Å². The highest BCUT2D eigenvalue weighted by atomic mass is 31.2. The van der Waals surface area contributed by atoms with E-state index in [9.17, 15) is 4.57 Å². The van der Waals surface area contributed by atoms with Crippen LogP contribution in [0.1, 0.15) is 27.7 Å². The van der Waals surface area contributed by atoms with Crippen LogP contribution < -0.4 is 4.52 Å². The molecule has 1 aromatic heterocycles. The first-order valence-corrected chi connectivity index (χ1v) is 6.94. The smallest absolute Gasteiger partial charge is 0.402 e. The Hall–Kier alpha value is -0.900. The van der Waals surface area contributed by atoms with Gasteiger partial charge in [-0.25, -0.2) is 4.57 Å². The zero-order chi connectivity index (χ0) is 12.9. The minimum atomic E-state index is -3.59. The van der Waals surface area contributed by atoms with E-state index in [1.807, 2.05) is 0 Å². The van der Waals surface area contributed by atoms with Crippen LogP contribution in [0.5, 0.6) is 5.75 Å². The van der Waals surface area contributed by atoms with Crippen LogP contribution in [-0.4, -0.2) is 17.2 Å². The van der Waals surface area contributed by atoms with Gasteiger partial charge < -0.3 is 4.52 Å². The van der Waals surface area contributed by atoms with Gasteiger partial charge in [0.1, 0.15) is 5.75 Å². The molecule has 17 heavy (non-hydrogen) atoms. The standard InChI is InChI=1S/C11H18NO4P/c1-9(2)14-17(13,15-10(3)4)16-11-6-5-7-12-8-11/h5-10H,1-4H3. The molecule has 0 N–H and O–H groups in total.